The van der Waals surface area contributed by atoms with Crippen molar-refractivity contribution in [2.45, 2.75) is 26.3 Å². The standard InChI is InChI=1S/C23H28F2N6O.2H2/c1-3-21-14-32-7-6-30(21)5-4-26-19-8-16(2)9-20(13-19)28-23-27-15-31(29-23)22-11-17(24)10-18(25)12-22;;/h8-13,15,21,26H,3-7,14H2,1-2H3,(H,28,29);2*1H. The van der Waals surface area contributed by atoms with Gasteiger partial charge in [-0.05, 0) is 49.2 Å². The van der Waals surface area contributed by atoms with Crippen LogP contribution in [0.25, 0.3) is 5.69 Å². The van der Waals surface area contributed by atoms with Gasteiger partial charge in [0, 0.05) is 46.0 Å². The van der Waals surface area contributed by atoms with Gasteiger partial charge in [-0.15, -0.1) is 5.10 Å². The van der Waals surface area contributed by atoms with E-state index in [1.807, 2.05) is 19.1 Å². The summed E-state index contributed by atoms with van der Waals surface area (Å²) < 4.78 is 33.9. The fraction of sp³-hybridized carbons (Fsp3) is 0.391. The van der Waals surface area contributed by atoms with E-state index in [2.05, 4.69) is 38.6 Å². The van der Waals surface area contributed by atoms with Crippen LogP contribution in [0, 0.1) is 18.6 Å². The number of halogens is 2. The summed E-state index contributed by atoms with van der Waals surface area (Å²) in [6.45, 7) is 8.55. The molecule has 1 saturated heterocycles. The van der Waals surface area contributed by atoms with Crippen LogP contribution >= 0.6 is 0 Å². The van der Waals surface area contributed by atoms with Gasteiger partial charge in [-0.1, -0.05) is 6.92 Å². The topological polar surface area (TPSA) is 67.2 Å². The Morgan fingerprint density at radius 1 is 1.12 bits per heavy atom. The SMILES string of the molecule is CCC1COCCN1CCNc1cc(C)cc(Nc2ncn(-c3cc(F)cc(F)c3)n2)c1.[HH].[HH]. The second-order valence-electron chi connectivity index (χ2n) is 7.95. The summed E-state index contributed by atoms with van der Waals surface area (Å²) in [5, 5.41) is 10.9. The van der Waals surface area contributed by atoms with Gasteiger partial charge >= 0.3 is 0 Å². The summed E-state index contributed by atoms with van der Waals surface area (Å²) in [5.74, 6) is -0.992. The highest BCUT2D eigenvalue weighted by Gasteiger charge is 2.20. The molecule has 4 rings (SSSR count). The van der Waals surface area contributed by atoms with Crippen molar-refractivity contribution >= 4 is 17.3 Å². The molecule has 0 aliphatic carbocycles. The number of aromatic nitrogens is 3. The average molecular weight is 447 g/mol. The minimum absolute atomic E-state index is 0. The molecule has 0 amide bonds. The van der Waals surface area contributed by atoms with Crippen LogP contribution in [0.5, 0.6) is 0 Å². The summed E-state index contributed by atoms with van der Waals surface area (Å²) in [6, 6.07) is 9.77. The predicted molar refractivity (Wildman–Crippen MR) is 125 cm³/mol. The Balaban J connectivity index is 0.00000204. The number of hydrogen-bond acceptors (Lipinski definition) is 6. The number of ether oxygens (including phenoxy) is 1. The van der Waals surface area contributed by atoms with Gasteiger partial charge in [0.05, 0.1) is 18.9 Å². The molecule has 1 fully saturated rings. The van der Waals surface area contributed by atoms with E-state index in [1.54, 1.807) is 0 Å². The first-order chi connectivity index (χ1) is 15.5. The molecule has 1 atom stereocenters. The third-order valence-corrected chi connectivity index (χ3v) is 5.49. The number of rotatable bonds is 8. The molecule has 3 aromatic rings. The molecule has 1 aliphatic rings. The van der Waals surface area contributed by atoms with Crippen molar-refractivity contribution < 1.29 is 16.4 Å². The number of anilines is 3. The van der Waals surface area contributed by atoms with Gasteiger partial charge in [-0.25, -0.2) is 13.5 Å². The van der Waals surface area contributed by atoms with E-state index >= 15 is 0 Å². The van der Waals surface area contributed by atoms with Crippen molar-refractivity contribution in [2.75, 3.05) is 43.5 Å². The number of morpholine rings is 1. The van der Waals surface area contributed by atoms with Gasteiger partial charge in [0.1, 0.15) is 18.0 Å². The molecule has 1 aromatic heterocycles. The van der Waals surface area contributed by atoms with Crippen molar-refractivity contribution in [1.82, 2.24) is 19.7 Å². The molecule has 2 aromatic carbocycles. The molecule has 2 N–H and O–H groups in total. The lowest BCUT2D eigenvalue weighted by molar-refractivity contribution is -0.00648. The van der Waals surface area contributed by atoms with E-state index in [9.17, 15) is 8.78 Å². The minimum atomic E-state index is -0.665. The van der Waals surface area contributed by atoms with E-state index in [0.717, 1.165) is 62.3 Å². The van der Waals surface area contributed by atoms with Crippen LogP contribution in [-0.2, 0) is 4.74 Å². The number of aryl methyl sites for hydroxylation is 1. The van der Waals surface area contributed by atoms with Gasteiger partial charge in [-0.2, -0.15) is 4.98 Å². The molecule has 174 valence electrons. The molecule has 0 bridgehead atoms. The summed E-state index contributed by atoms with van der Waals surface area (Å²) in [4.78, 5) is 6.67. The highest BCUT2D eigenvalue weighted by molar-refractivity contribution is 5.63. The Hall–Kier alpha value is -3.04. The molecular formula is C23H32F2N6O. The maximum absolute atomic E-state index is 13.5. The smallest absolute Gasteiger partial charge is 0.246 e. The van der Waals surface area contributed by atoms with Crippen LogP contribution in [0.2, 0.25) is 0 Å². The van der Waals surface area contributed by atoms with Crippen LogP contribution in [0.15, 0.2) is 42.7 Å². The van der Waals surface area contributed by atoms with Crippen molar-refractivity contribution in [2.24, 2.45) is 0 Å². The van der Waals surface area contributed by atoms with Gasteiger partial charge < -0.3 is 15.4 Å². The zero-order valence-electron chi connectivity index (χ0n) is 18.3. The zero-order valence-corrected chi connectivity index (χ0v) is 18.3. The van der Waals surface area contributed by atoms with Gasteiger partial charge in [0.2, 0.25) is 5.95 Å². The van der Waals surface area contributed by atoms with Gasteiger partial charge in [0.15, 0.2) is 0 Å². The van der Waals surface area contributed by atoms with E-state index in [-0.39, 0.29) is 8.54 Å². The van der Waals surface area contributed by atoms with Crippen molar-refractivity contribution in [3.05, 3.63) is 59.9 Å². The Morgan fingerprint density at radius 3 is 2.69 bits per heavy atom. The third-order valence-electron chi connectivity index (χ3n) is 5.49. The highest BCUT2D eigenvalue weighted by Crippen LogP contribution is 2.22. The molecule has 1 unspecified atom stereocenters. The van der Waals surface area contributed by atoms with Crippen LogP contribution in [0.1, 0.15) is 21.8 Å². The summed E-state index contributed by atoms with van der Waals surface area (Å²) in [7, 11) is 0. The molecule has 0 radical (unpaired) electrons. The number of nitrogens with one attached hydrogen (secondary N) is 2. The molecule has 0 saturated carbocycles. The molecule has 0 spiro atoms. The number of hydrogen-bond donors (Lipinski definition) is 2. The molecule has 1 aliphatic heterocycles. The quantitative estimate of drug-likeness (QED) is 0.527. The van der Waals surface area contributed by atoms with Crippen LogP contribution in [-0.4, -0.2) is 58.6 Å². The first kappa shape index (κ1) is 22.2. The molecular weight excluding hydrogens is 414 g/mol. The number of nitrogens with zero attached hydrogens (tertiary/aromatic N) is 4. The lowest BCUT2D eigenvalue weighted by atomic mass is 10.1. The molecule has 32 heavy (non-hydrogen) atoms. The van der Waals surface area contributed by atoms with Crippen LogP contribution < -0.4 is 10.6 Å². The van der Waals surface area contributed by atoms with Crippen molar-refractivity contribution in [1.29, 1.82) is 0 Å². The van der Waals surface area contributed by atoms with E-state index in [1.165, 1.54) is 23.1 Å². The lowest BCUT2D eigenvalue weighted by Gasteiger charge is -2.35. The first-order valence-electron chi connectivity index (χ1n) is 10.8. The minimum Gasteiger partial charge on any atom is -0.384 e. The fourth-order valence-corrected chi connectivity index (χ4v) is 3.91. The van der Waals surface area contributed by atoms with Crippen LogP contribution in [0.3, 0.4) is 0 Å². The van der Waals surface area contributed by atoms with Crippen molar-refractivity contribution in [3.8, 4) is 5.69 Å². The average Bonchev–Trinajstić information content (AvgIpc) is 3.21. The van der Waals surface area contributed by atoms with Gasteiger partial charge in [-0.3, -0.25) is 4.90 Å². The normalized spacial score (nSPS) is 16.8. The maximum atomic E-state index is 13.5. The molecule has 7 nitrogen and oxygen atoms in total. The largest absolute Gasteiger partial charge is 0.384 e. The molecule has 2 heterocycles. The zero-order chi connectivity index (χ0) is 22.5. The monoisotopic (exact) mass is 446 g/mol. The summed E-state index contributed by atoms with van der Waals surface area (Å²) in [6.07, 6.45) is 2.50. The second kappa shape index (κ2) is 10.1. The van der Waals surface area contributed by atoms with E-state index in [4.69, 9.17) is 4.74 Å². The fourth-order valence-electron chi connectivity index (χ4n) is 3.91. The number of benzene rings is 2. The van der Waals surface area contributed by atoms with Crippen molar-refractivity contribution in [3.63, 3.8) is 0 Å². The lowest BCUT2D eigenvalue weighted by Crippen LogP contribution is -2.46. The first-order valence-corrected chi connectivity index (χ1v) is 10.8. The highest BCUT2D eigenvalue weighted by atomic mass is 19.1. The Labute approximate surface area is 189 Å². The Kier molecular flexibility index (Phi) is 6.96. The molecule has 9 heteroatoms. The summed E-state index contributed by atoms with van der Waals surface area (Å²) >= 11 is 0. The second-order valence-corrected chi connectivity index (χ2v) is 7.95. The summed E-state index contributed by atoms with van der Waals surface area (Å²) in [5.41, 5.74) is 3.18. The van der Waals surface area contributed by atoms with E-state index < -0.39 is 11.6 Å². The van der Waals surface area contributed by atoms with E-state index in [0.29, 0.717) is 12.0 Å². The Bertz CT molecular complexity index is 1050. The maximum Gasteiger partial charge on any atom is 0.246 e. The predicted octanol–water partition coefficient (Wildman–Crippen LogP) is 4.61. The Morgan fingerprint density at radius 2 is 1.91 bits per heavy atom. The van der Waals surface area contributed by atoms with Crippen LogP contribution in [0.4, 0.5) is 26.1 Å². The third kappa shape index (κ3) is 5.60. The van der Waals surface area contributed by atoms with Gasteiger partial charge in [0.25, 0.3) is 0 Å².